The summed E-state index contributed by atoms with van der Waals surface area (Å²) < 4.78 is 32.2. The number of fused-ring (bicyclic) bond motifs is 1. The van der Waals surface area contributed by atoms with Gasteiger partial charge in [0.15, 0.2) is 5.75 Å². The van der Waals surface area contributed by atoms with Gasteiger partial charge in [-0.1, -0.05) is 23.7 Å². The molecule has 2 aromatic rings. The zero-order chi connectivity index (χ0) is 14.3. The molecule has 1 heterocycles. The summed E-state index contributed by atoms with van der Waals surface area (Å²) >= 11 is 6.01. The van der Waals surface area contributed by atoms with E-state index in [2.05, 4.69) is 5.32 Å². The Morgan fingerprint density at radius 1 is 1.10 bits per heavy atom. The maximum Gasteiger partial charge on any atom is 0.162 e. The van der Waals surface area contributed by atoms with Crippen LogP contribution in [0.5, 0.6) is 5.75 Å². The lowest BCUT2D eigenvalue weighted by molar-refractivity contribution is 0.177. The molecule has 20 heavy (non-hydrogen) atoms. The highest BCUT2D eigenvalue weighted by molar-refractivity contribution is 6.32. The molecule has 1 aliphatic heterocycles. The Labute approximate surface area is 120 Å². The first-order valence-electron chi connectivity index (χ1n) is 6.22. The highest BCUT2D eigenvalue weighted by atomic mass is 35.5. The standard InChI is InChI=1S/C15H12ClF2NO/c1-8-14(9-2-4-10(17)5-3-9)20-15-12(16)6-11(18)7-13(15)19-8/h2-8,14,19H,1H3. The molecule has 0 radical (unpaired) electrons. The Morgan fingerprint density at radius 3 is 2.50 bits per heavy atom. The number of hydrogen-bond donors (Lipinski definition) is 1. The molecule has 0 saturated heterocycles. The lowest BCUT2D eigenvalue weighted by Gasteiger charge is -2.33. The molecule has 0 spiro atoms. The summed E-state index contributed by atoms with van der Waals surface area (Å²) in [4.78, 5) is 0. The van der Waals surface area contributed by atoms with Crippen molar-refractivity contribution in [2.24, 2.45) is 0 Å². The number of nitrogens with one attached hydrogen (secondary N) is 1. The van der Waals surface area contributed by atoms with Crippen LogP contribution < -0.4 is 10.1 Å². The summed E-state index contributed by atoms with van der Waals surface area (Å²) in [6.07, 6.45) is -0.314. The van der Waals surface area contributed by atoms with Crippen molar-refractivity contribution in [1.82, 2.24) is 0 Å². The van der Waals surface area contributed by atoms with Crippen molar-refractivity contribution in [2.45, 2.75) is 19.1 Å². The fourth-order valence-electron chi connectivity index (χ4n) is 2.35. The van der Waals surface area contributed by atoms with Crippen molar-refractivity contribution in [1.29, 1.82) is 0 Å². The van der Waals surface area contributed by atoms with Gasteiger partial charge in [-0.25, -0.2) is 8.78 Å². The normalized spacial score (nSPS) is 20.8. The SMILES string of the molecule is CC1Nc2cc(F)cc(Cl)c2OC1c1ccc(F)cc1. The van der Waals surface area contributed by atoms with Gasteiger partial charge >= 0.3 is 0 Å². The molecule has 0 saturated carbocycles. The van der Waals surface area contributed by atoms with E-state index in [-0.39, 0.29) is 23.0 Å². The number of halogens is 3. The molecule has 1 N–H and O–H groups in total. The van der Waals surface area contributed by atoms with Crippen LogP contribution in [0.3, 0.4) is 0 Å². The smallest absolute Gasteiger partial charge is 0.162 e. The highest BCUT2D eigenvalue weighted by Gasteiger charge is 2.29. The molecular formula is C15H12ClF2NO. The van der Waals surface area contributed by atoms with E-state index in [0.717, 1.165) is 5.56 Å². The number of anilines is 1. The van der Waals surface area contributed by atoms with Crippen molar-refractivity contribution < 1.29 is 13.5 Å². The van der Waals surface area contributed by atoms with Gasteiger partial charge in [0.25, 0.3) is 0 Å². The van der Waals surface area contributed by atoms with Crippen LogP contribution in [-0.2, 0) is 0 Å². The fourth-order valence-corrected chi connectivity index (χ4v) is 2.60. The summed E-state index contributed by atoms with van der Waals surface area (Å²) in [6, 6.07) is 8.56. The van der Waals surface area contributed by atoms with Crippen LogP contribution in [0.4, 0.5) is 14.5 Å². The van der Waals surface area contributed by atoms with Crippen molar-refractivity contribution >= 4 is 17.3 Å². The predicted molar refractivity (Wildman–Crippen MR) is 74.3 cm³/mol. The minimum absolute atomic E-state index is 0.0918. The molecule has 3 rings (SSSR count). The summed E-state index contributed by atoms with van der Waals surface area (Å²) in [5, 5.41) is 3.38. The van der Waals surface area contributed by atoms with Crippen molar-refractivity contribution in [2.75, 3.05) is 5.32 Å². The van der Waals surface area contributed by atoms with Gasteiger partial charge in [0.2, 0.25) is 0 Å². The van der Waals surface area contributed by atoms with E-state index in [9.17, 15) is 8.78 Å². The van der Waals surface area contributed by atoms with Crippen LogP contribution in [0, 0.1) is 11.6 Å². The van der Waals surface area contributed by atoms with Crippen LogP contribution in [0.25, 0.3) is 0 Å². The van der Waals surface area contributed by atoms with Gasteiger partial charge in [-0.15, -0.1) is 0 Å². The average Bonchev–Trinajstić information content (AvgIpc) is 2.39. The van der Waals surface area contributed by atoms with Crippen LogP contribution in [0.2, 0.25) is 5.02 Å². The van der Waals surface area contributed by atoms with Gasteiger partial charge in [-0.3, -0.25) is 0 Å². The Hall–Kier alpha value is -1.81. The largest absolute Gasteiger partial charge is 0.480 e. The highest BCUT2D eigenvalue weighted by Crippen LogP contribution is 2.42. The predicted octanol–water partition coefficient (Wildman–Crippen LogP) is 4.55. The van der Waals surface area contributed by atoms with Crippen LogP contribution in [0.1, 0.15) is 18.6 Å². The third-order valence-corrected chi connectivity index (χ3v) is 3.57. The van der Waals surface area contributed by atoms with Gasteiger partial charge in [0.1, 0.15) is 17.7 Å². The summed E-state index contributed by atoms with van der Waals surface area (Å²) in [5.41, 5.74) is 1.36. The molecule has 5 heteroatoms. The van der Waals surface area contributed by atoms with E-state index in [4.69, 9.17) is 16.3 Å². The Kier molecular flexibility index (Phi) is 3.26. The van der Waals surface area contributed by atoms with Gasteiger partial charge in [-0.05, 0) is 30.7 Å². The minimum Gasteiger partial charge on any atom is -0.480 e. The minimum atomic E-state index is -0.419. The van der Waals surface area contributed by atoms with Crippen molar-refractivity contribution in [3.8, 4) is 5.75 Å². The summed E-state index contributed by atoms with van der Waals surface area (Å²) in [5.74, 6) is -0.302. The van der Waals surface area contributed by atoms with Crippen molar-refractivity contribution in [3.63, 3.8) is 0 Å². The molecule has 0 amide bonds. The Bertz CT molecular complexity index is 645. The van der Waals surface area contributed by atoms with Crippen LogP contribution in [0.15, 0.2) is 36.4 Å². The second-order valence-electron chi connectivity index (χ2n) is 4.79. The van der Waals surface area contributed by atoms with Gasteiger partial charge in [-0.2, -0.15) is 0 Å². The molecule has 2 unspecified atom stereocenters. The molecule has 0 bridgehead atoms. The second kappa shape index (κ2) is 4.94. The van der Waals surface area contributed by atoms with E-state index in [1.807, 2.05) is 6.92 Å². The molecule has 0 aromatic heterocycles. The molecule has 2 atom stereocenters. The second-order valence-corrected chi connectivity index (χ2v) is 5.19. The third-order valence-electron chi connectivity index (χ3n) is 3.29. The first-order valence-corrected chi connectivity index (χ1v) is 6.60. The quantitative estimate of drug-likeness (QED) is 0.833. The number of ether oxygens (including phenoxy) is 1. The molecule has 2 aromatic carbocycles. The Balaban J connectivity index is 1.98. The number of hydrogen-bond acceptors (Lipinski definition) is 2. The van der Waals surface area contributed by atoms with E-state index in [1.165, 1.54) is 24.3 Å². The summed E-state index contributed by atoms with van der Waals surface area (Å²) in [7, 11) is 0. The molecule has 1 aliphatic rings. The summed E-state index contributed by atoms with van der Waals surface area (Å²) in [6.45, 7) is 1.91. The maximum atomic E-state index is 13.3. The number of benzene rings is 2. The van der Waals surface area contributed by atoms with E-state index in [0.29, 0.717) is 11.4 Å². The first-order chi connectivity index (χ1) is 9.54. The van der Waals surface area contributed by atoms with Gasteiger partial charge < -0.3 is 10.1 Å². The van der Waals surface area contributed by atoms with E-state index in [1.54, 1.807) is 12.1 Å². The molecule has 104 valence electrons. The average molecular weight is 296 g/mol. The topological polar surface area (TPSA) is 21.3 Å². The van der Waals surface area contributed by atoms with Crippen molar-refractivity contribution in [3.05, 3.63) is 58.6 Å². The molecular weight excluding hydrogens is 284 g/mol. The number of rotatable bonds is 1. The monoisotopic (exact) mass is 295 g/mol. The zero-order valence-corrected chi connectivity index (χ0v) is 11.4. The Morgan fingerprint density at radius 2 is 1.80 bits per heavy atom. The van der Waals surface area contributed by atoms with Crippen LogP contribution >= 0.6 is 11.6 Å². The third kappa shape index (κ3) is 2.31. The first kappa shape index (κ1) is 13.2. The zero-order valence-electron chi connectivity index (χ0n) is 10.7. The van der Waals surface area contributed by atoms with Gasteiger partial charge in [0, 0.05) is 6.07 Å². The van der Waals surface area contributed by atoms with Crippen LogP contribution in [-0.4, -0.2) is 6.04 Å². The van der Waals surface area contributed by atoms with E-state index < -0.39 is 5.82 Å². The lowest BCUT2D eigenvalue weighted by atomic mass is 10.0. The van der Waals surface area contributed by atoms with E-state index >= 15 is 0 Å². The fraction of sp³-hybridized carbons (Fsp3) is 0.200. The maximum absolute atomic E-state index is 13.3. The molecule has 0 aliphatic carbocycles. The van der Waals surface area contributed by atoms with Gasteiger partial charge in [0.05, 0.1) is 16.8 Å². The lowest BCUT2D eigenvalue weighted by Crippen LogP contribution is -2.32. The molecule has 0 fully saturated rings. The molecule has 2 nitrogen and oxygen atoms in total.